The minimum absolute atomic E-state index is 0.0554. The van der Waals surface area contributed by atoms with Crippen molar-refractivity contribution in [2.24, 2.45) is 0 Å². The molecule has 2 aromatic carbocycles. The molecule has 0 unspecified atom stereocenters. The first-order valence-electron chi connectivity index (χ1n) is 10.9. The Kier molecular flexibility index (Phi) is 7.35. The lowest BCUT2D eigenvalue weighted by atomic mass is 10.1. The zero-order valence-corrected chi connectivity index (χ0v) is 19.5. The lowest BCUT2D eigenvalue weighted by Crippen LogP contribution is -2.40. The van der Waals surface area contributed by atoms with Gasteiger partial charge in [0, 0.05) is 38.4 Å². The van der Waals surface area contributed by atoms with Crippen molar-refractivity contribution in [3.05, 3.63) is 58.6 Å². The first kappa shape index (κ1) is 23.0. The van der Waals surface area contributed by atoms with Crippen molar-refractivity contribution in [3.8, 4) is 0 Å². The third kappa shape index (κ3) is 5.26. The normalized spacial score (nSPS) is 17.8. The zero-order chi connectivity index (χ0) is 22.6. The molecular formula is C23H28ClN3O4S. The summed E-state index contributed by atoms with van der Waals surface area (Å²) in [5.74, 6) is -0.408. The van der Waals surface area contributed by atoms with E-state index in [0.717, 1.165) is 18.7 Å². The highest BCUT2D eigenvalue weighted by Gasteiger charge is 2.27. The molecule has 32 heavy (non-hydrogen) atoms. The molecule has 2 heterocycles. The summed E-state index contributed by atoms with van der Waals surface area (Å²) < 4.78 is 32.4. The highest BCUT2D eigenvalue weighted by Crippen LogP contribution is 2.24. The van der Waals surface area contributed by atoms with Crippen LogP contribution in [0.3, 0.4) is 0 Å². The number of amides is 1. The number of benzene rings is 2. The second-order valence-electron chi connectivity index (χ2n) is 8.05. The molecule has 0 radical (unpaired) electrons. The van der Waals surface area contributed by atoms with E-state index in [1.165, 1.54) is 47.5 Å². The first-order valence-corrected chi connectivity index (χ1v) is 12.8. The number of nitrogens with zero attached hydrogens (tertiary/aromatic N) is 2. The number of rotatable bonds is 6. The van der Waals surface area contributed by atoms with Crippen molar-refractivity contribution < 1.29 is 17.9 Å². The second kappa shape index (κ2) is 10.2. The van der Waals surface area contributed by atoms with Crippen molar-refractivity contribution in [3.63, 3.8) is 0 Å². The summed E-state index contributed by atoms with van der Waals surface area (Å²) >= 11 is 6.22. The van der Waals surface area contributed by atoms with Crippen molar-refractivity contribution in [1.82, 2.24) is 9.62 Å². The SMILES string of the molecule is O=C(NCc1ccc(N2CCCCC2)cc1)c1cc(S(=O)(=O)N2CCOCC2)ccc1Cl. The molecule has 0 aromatic heterocycles. The van der Waals surface area contributed by atoms with E-state index in [4.69, 9.17) is 16.3 Å². The molecule has 0 atom stereocenters. The van der Waals surface area contributed by atoms with E-state index < -0.39 is 15.9 Å². The van der Waals surface area contributed by atoms with Gasteiger partial charge in [0.1, 0.15) is 0 Å². The predicted molar refractivity (Wildman–Crippen MR) is 125 cm³/mol. The van der Waals surface area contributed by atoms with Gasteiger partial charge in [-0.1, -0.05) is 23.7 Å². The molecule has 2 aliphatic heterocycles. The molecule has 0 saturated carbocycles. The Labute approximate surface area is 194 Å². The number of piperidine rings is 1. The second-order valence-corrected chi connectivity index (χ2v) is 10.4. The topological polar surface area (TPSA) is 79.0 Å². The maximum absolute atomic E-state index is 12.9. The van der Waals surface area contributed by atoms with Gasteiger partial charge in [0.25, 0.3) is 5.91 Å². The molecule has 7 nitrogen and oxygen atoms in total. The van der Waals surface area contributed by atoms with Gasteiger partial charge in [-0.05, 0) is 55.2 Å². The molecule has 2 saturated heterocycles. The van der Waals surface area contributed by atoms with Gasteiger partial charge in [0.2, 0.25) is 10.0 Å². The van der Waals surface area contributed by atoms with Gasteiger partial charge in [0.15, 0.2) is 0 Å². The fourth-order valence-corrected chi connectivity index (χ4v) is 5.67. The molecule has 1 N–H and O–H groups in total. The maximum Gasteiger partial charge on any atom is 0.253 e. The summed E-state index contributed by atoms with van der Waals surface area (Å²) in [7, 11) is -3.71. The molecule has 172 valence electrons. The average molecular weight is 478 g/mol. The van der Waals surface area contributed by atoms with Gasteiger partial charge in [-0.15, -0.1) is 0 Å². The van der Waals surface area contributed by atoms with E-state index in [1.54, 1.807) is 0 Å². The van der Waals surface area contributed by atoms with Crippen molar-refractivity contribution in [1.29, 1.82) is 0 Å². The Morgan fingerprint density at radius 3 is 2.34 bits per heavy atom. The average Bonchev–Trinajstić information content (AvgIpc) is 2.84. The van der Waals surface area contributed by atoms with Crippen LogP contribution in [0.15, 0.2) is 47.4 Å². The molecular weight excluding hydrogens is 450 g/mol. The van der Waals surface area contributed by atoms with Crippen molar-refractivity contribution >= 4 is 33.2 Å². The summed E-state index contributed by atoms with van der Waals surface area (Å²) in [6.45, 7) is 3.79. The molecule has 2 aliphatic rings. The van der Waals surface area contributed by atoms with E-state index in [1.807, 2.05) is 12.1 Å². The van der Waals surface area contributed by atoms with E-state index >= 15 is 0 Å². The van der Waals surface area contributed by atoms with Gasteiger partial charge >= 0.3 is 0 Å². The van der Waals surface area contributed by atoms with Gasteiger partial charge < -0.3 is 15.0 Å². The van der Waals surface area contributed by atoms with Gasteiger partial charge in [-0.2, -0.15) is 4.31 Å². The number of morpholine rings is 1. The largest absolute Gasteiger partial charge is 0.379 e. The summed E-state index contributed by atoms with van der Waals surface area (Å²) in [5.41, 5.74) is 2.31. The van der Waals surface area contributed by atoms with E-state index in [9.17, 15) is 13.2 Å². The molecule has 0 aliphatic carbocycles. The van der Waals surface area contributed by atoms with Gasteiger partial charge in [-0.25, -0.2) is 8.42 Å². The van der Waals surface area contributed by atoms with Crippen LogP contribution in [-0.4, -0.2) is 58.0 Å². The lowest BCUT2D eigenvalue weighted by Gasteiger charge is -2.28. The summed E-state index contributed by atoms with van der Waals surface area (Å²) in [6.07, 6.45) is 3.73. The number of hydrogen-bond donors (Lipinski definition) is 1. The number of anilines is 1. The molecule has 1 amide bonds. The van der Waals surface area contributed by atoms with E-state index in [-0.39, 0.29) is 15.5 Å². The Balaban J connectivity index is 1.42. The minimum Gasteiger partial charge on any atom is -0.379 e. The van der Waals surface area contributed by atoms with Crippen LogP contribution in [0.2, 0.25) is 5.02 Å². The number of nitrogens with one attached hydrogen (secondary N) is 1. The van der Waals surface area contributed by atoms with E-state index in [0.29, 0.717) is 32.8 Å². The fraction of sp³-hybridized carbons (Fsp3) is 0.435. The zero-order valence-electron chi connectivity index (χ0n) is 17.9. The lowest BCUT2D eigenvalue weighted by molar-refractivity contribution is 0.0730. The maximum atomic E-state index is 12.9. The van der Waals surface area contributed by atoms with Gasteiger partial charge in [0.05, 0.1) is 28.7 Å². The number of halogens is 1. The summed E-state index contributed by atoms with van der Waals surface area (Å²) in [5, 5.41) is 3.06. The Morgan fingerprint density at radius 1 is 0.969 bits per heavy atom. The Morgan fingerprint density at radius 2 is 1.66 bits per heavy atom. The van der Waals surface area contributed by atoms with Crippen LogP contribution in [0.1, 0.15) is 35.2 Å². The molecule has 4 rings (SSSR count). The Hall–Kier alpha value is -2.13. The summed E-state index contributed by atoms with van der Waals surface area (Å²) in [6, 6.07) is 12.4. The third-order valence-corrected chi connectivity index (χ3v) is 8.13. The van der Waals surface area contributed by atoms with Crippen LogP contribution in [0, 0.1) is 0 Å². The number of carbonyl (C=O) groups excluding carboxylic acids is 1. The van der Waals surface area contributed by atoms with Gasteiger partial charge in [-0.3, -0.25) is 4.79 Å². The smallest absolute Gasteiger partial charge is 0.253 e. The quantitative estimate of drug-likeness (QED) is 0.690. The number of sulfonamides is 1. The molecule has 9 heteroatoms. The monoisotopic (exact) mass is 477 g/mol. The number of ether oxygens (including phenoxy) is 1. The minimum atomic E-state index is -3.71. The highest BCUT2D eigenvalue weighted by atomic mass is 35.5. The van der Waals surface area contributed by atoms with Crippen molar-refractivity contribution in [2.45, 2.75) is 30.7 Å². The summed E-state index contributed by atoms with van der Waals surface area (Å²) in [4.78, 5) is 15.2. The van der Waals surface area contributed by atoms with Crippen LogP contribution in [0.4, 0.5) is 5.69 Å². The molecule has 0 spiro atoms. The van der Waals surface area contributed by atoms with Crippen LogP contribution in [-0.2, 0) is 21.3 Å². The molecule has 0 bridgehead atoms. The number of hydrogen-bond acceptors (Lipinski definition) is 5. The van der Waals surface area contributed by atoms with Crippen LogP contribution < -0.4 is 10.2 Å². The third-order valence-electron chi connectivity index (χ3n) is 5.90. The Bertz CT molecular complexity index is 1050. The van der Waals surface area contributed by atoms with Crippen LogP contribution in [0.25, 0.3) is 0 Å². The van der Waals surface area contributed by atoms with Crippen molar-refractivity contribution in [2.75, 3.05) is 44.3 Å². The molecule has 2 fully saturated rings. The van der Waals surface area contributed by atoms with E-state index in [2.05, 4.69) is 22.3 Å². The van der Waals surface area contributed by atoms with Crippen LogP contribution in [0.5, 0.6) is 0 Å². The standard InChI is InChI=1S/C23H28ClN3O4S/c24-22-9-8-20(32(29,30)27-12-14-31-15-13-27)16-21(22)23(28)25-17-18-4-6-19(7-5-18)26-10-2-1-3-11-26/h4-9,16H,1-3,10-15,17H2,(H,25,28). The predicted octanol–water partition coefficient (Wildman–Crippen LogP) is 3.28. The first-order chi connectivity index (χ1) is 15.4. The fourth-order valence-electron chi connectivity index (χ4n) is 4.03. The molecule has 2 aromatic rings. The number of carbonyl (C=O) groups is 1. The highest BCUT2D eigenvalue weighted by molar-refractivity contribution is 7.89. The van der Waals surface area contributed by atoms with Crippen LogP contribution >= 0.6 is 11.6 Å².